The molecule has 2 heterocycles. The Balaban J connectivity index is 1.69. The third-order valence-electron chi connectivity index (χ3n) is 2.99. The maximum atomic E-state index is 12.0. The molecule has 1 aromatic carbocycles. The summed E-state index contributed by atoms with van der Waals surface area (Å²) in [5, 5.41) is 4.56. The molecule has 0 saturated heterocycles. The van der Waals surface area contributed by atoms with Gasteiger partial charge in [-0.25, -0.2) is 4.98 Å². The Kier molecular flexibility index (Phi) is 5.15. The van der Waals surface area contributed by atoms with Gasteiger partial charge >= 0.3 is 0 Å². The Morgan fingerprint density at radius 1 is 1.29 bits per heavy atom. The molecule has 0 aliphatic rings. The number of hydrogen-bond donors (Lipinski definition) is 2. The summed E-state index contributed by atoms with van der Waals surface area (Å²) in [6.07, 6.45) is 0. The number of hydrogen-bond acceptors (Lipinski definition) is 5. The molecule has 9 heteroatoms. The minimum absolute atomic E-state index is 0.100. The zero-order valence-corrected chi connectivity index (χ0v) is 15.5. The SMILES string of the molecule is Cc1cc2c(=O)[nH]c(SCC(=O)Nc3cc(Cl)cc(Cl)c3)nc2s1. The third-order valence-corrected chi connectivity index (χ3v) is 5.24. The second-order valence-corrected chi connectivity index (χ2v) is 8.01. The number of aromatic amines is 1. The Bertz CT molecular complexity index is 964. The van der Waals surface area contributed by atoms with Crippen molar-refractivity contribution in [3.05, 3.63) is 49.5 Å². The normalized spacial score (nSPS) is 11.0. The van der Waals surface area contributed by atoms with Crippen LogP contribution in [-0.4, -0.2) is 21.6 Å². The van der Waals surface area contributed by atoms with Gasteiger partial charge < -0.3 is 10.3 Å². The fraction of sp³-hybridized carbons (Fsp3) is 0.133. The van der Waals surface area contributed by atoms with Crippen molar-refractivity contribution in [2.75, 3.05) is 11.1 Å². The van der Waals surface area contributed by atoms with Gasteiger partial charge in [-0.15, -0.1) is 11.3 Å². The number of benzene rings is 1. The fourth-order valence-electron chi connectivity index (χ4n) is 2.06. The lowest BCUT2D eigenvalue weighted by Crippen LogP contribution is -2.15. The van der Waals surface area contributed by atoms with Crippen LogP contribution in [-0.2, 0) is 4.79 Å². The van der Waals surface area contributed by atoms with E-state index in [-0.39, 0.29) is 17.2 Å². The highest BCUT2D eigenvalue weighted by molar-refractivity contribution is 7.99. The van der Waals surface area contributed by atoms with Crippen molar-refractivity contribution in [2.45, 2.75) is 12.1 Å². The van der Waals surface area contributed by atoms with Crippen molar-refractivity contribution in [2.24, 2.45) is 0 Å². The van der Waals surface area contributed by atoms with E-state index in [1.54, 1.807) is 24.3 Å². The van der Waals surface area contributed by atoms with E-state index in [1.807, 2.05) is 6.92 Å². The number of nitrogens with zero attached hydrogens (tertiary/aromatic N) is 1. The average molecular weight is 400 g/mol. The number of thioether (sulfide) groups is 1. The zero-order chi connectivity index (χ0) is 17.3. The molecule has 0 bridgehead atoms. The number of H-pyrrole nitrogens is 1. The van der Waals surface area contributed by atoms with Crippen LogP contribution in [0.5, 0.6) is 0 Å². The predicted octanol–water partition coefficient (Wildman–Crippen LogP) is 4.33. The number of aryl methyl sites for hydroxylation is 1. The van der Waals surface area contributed by atoms with Crippen LogP contribution in [0.4, 0.5) is 5.69 Å². The van der Waals surface area contributed by atoms with Crippen LogP contribution in [0.1, 0.15) is 4.88 Å². The molecule has 24 heavy (non-hydrogen) atoms. The Morgan fingerprint density at radius 3 is 2.71 bits per heavy atom. The number of nitrogens with one attached hydrogen (secondary N) is 2. The molecule has 2 N–H and O–H groups in total. The number of rotatable bonds is 4. The van der Waals surface area contributed by atoms with Crippen LogP contribution >= 0.6 is 46.3 Å². The smallest absolute Gasteiger partial charge is 0.260 e. The molecule has 0 radical (unpaired) electrons. The monoisotopic (exact) mass is 399 g/mol. The van der Waals surface area contributed by atoms with E-state index in [0.717, 1.165) is 16.6 Å². The van der Waals surface area contributed by atoms with Gasteiger partial charge in [-0.2, -0.15) is 0 Å². The quantitative estimate of drug-likeness (QED) is 0.505. The van der Waals surface area contributed by atoms with Gasteiger partial charge in [-0.3, -0.25) is 9.59 Å². The van der Waals surface area contributed by atoms with E-state index in [2.05, 4.69) is 15.3 Å². The second kappa shape index (κ2) is 7.14. The molecular weight excluding hydrogens is 389 g/mol. The van der Waals surface area contributed by atoms with Gasteiger partial charge in [0.15, 0.2) is 5.16 Å². The number of fused-ring (bicyclic) bond motifs is 1. The number of halogens is 2. The summed E-state index contributed by atoms with van der Waals surface area (Å²) in [6.45, 7) is 1.92. The Labute approximate surface area is 155 Å². The average Bonchev–Trinajstić information content (AvgIpc) is 2.85. The summed E-state index contributed by atoms with van der Waals surface area (Å²) in [7, 11) is 0. The van der Waals surface area contributed by atoms with Gasteiger partial charge in [0.2, 0.25) is 5.91 Å². The molecule has 1 amide bonds. The number of carbonyl (C=O) groups excluding carboxylic acids is 1. The molecule has 3 rings (SSSR count). The van der Waals surface area contributed by atoms with Crippen LogP contribution in [0, 0.1) is 6.92 Å². The molecule has 2 aromatic heterocycles. The zero-order valence-electron chi connectivity index (χ0n) is 12.4. The first-order valence-electron chi connectivity index (χ1n) is 6.80. The first-order valence-corrected chi connectivity index (χ1v) is 9.36. The molecular formula is C15H11Cl2N3O2S2. The number of thiophene rings is 1. The van der Waals surface area contributed by atoms with Crippen LogP contribution in [0.2, 0.25) is 10.0 Å². The number of anilines is 1. The molecule has 0 unspecified atom stereocenters. The van der Waals surface area contributed by atoms with Gasteiger partial charge in [0.25, 0.3) is 5.56 Å². The molecule has 124 valence electrons. The molecule has 0 fully saturated rings. The summed E-state index contributed by atoms with van der Waals surface area (Å²) in [5.41, 5.74) is 0.317. The molecule has 0 spiro atoms. The fourth-order valence-corrected chi connectivity index (χ4v) is 4.18. The van der Waals surface area contributed by atoms with E-state index >= 15 is 0 Å². The van der Waals surface area contributed by atoms with Crippen molar-refractivity contribution in [1.29, 1.82) is 0 Å². The lowest BCUT2D eigenvalue weighted by atomic mass is 10.3. The summed E-state index contributed by atoms with van der Waals surface area (Å²) in [4.78, 5) is 32.7. The van der Waals surface area contributed by atoms with Crippen LogP contribution < -0.4 is 10.9 Å². The number of aromatic nitrogens is 2. The number of amides is 1. The van der Waals surface area contributed by atoms with Crippen LogP contribution in [0.25, 0.3) is 10.2 Å². The Morgan fingerprint density at radius 2 is 2.00 bits per heavy atom. The molecule has 0 aliphatic heterocycles. The van der Waals surface area contributed by atoms with Gasteiger partial charge in [-0.1, -0.05) is 35.0 Å². The van der Waals surface area contributed by atoms with Crippen LogP contribution in [0.3, 0.4) is 0 Å². The highest BCUT2D eigenvalue weighted by atomic mass is 35.5. The van der Waals surface area contributed by atoms with Crippen molar-refractivity contribution >= 4 is 68.1 Å². The van der Waals surface area contributed by atoms with Crippen molar-refractivity contribution < 1.29 is 4.79 Å². The van der Waals surface area contributed by atoms with Gasteiger partial charge in [0.05, 0.1) is 11.1 Å². The molecule has 0 saturated carbocycles. The topological polar surface area (TPSA) is 74.8 Å². The summed E-state index contributed by atoms with van der Waals surface area (Å²) < 4.78 is 0. The van der Waals surface area contributed by atoms with Gasteiger partial charge in [0, 0.05) is 20.6 Å². The summed E-state index contributed by atoms with van der Waals surface area (Å²) in [5.74, 6) is -0.147. The highest BCUT2D eigenvalue weighted by Crippen LogP contribution is 2.24. The third kappa shape index (κ3) is 4.10. The maximum Gasteiger partial charge on any atom is 0.260 e. The maximum absolute atomic E-state index is 12.0. The van der Waals surface area contributed by atoms with Crippen molar-refractivity contribution in [1.82, 2.24) is 9.97 Å². The summed E-state index contributed by atoms with van der Waals surface area (Å²) in [6, 6.07) is 6.60. The van der Waals surface area contributed by atoms with E-state index in [9.17, 15) is 9.59 Å². The predicted molar refractivity (Wildman–Crippen MR) is 101 cm³/mol. The minimum atomic E-state index is -0.247. The lowest BCUT2D eigenvalue weighted by Gasteiger charge is -2.06. The van der Waals surface area contributed by atoms with Crippen molar-refractivity contribution in [3.63, 3.8) is 0 Å². The van der Waals surface area contributed by atoms with E-state index in [0.29, 0.717) is 31.1 Å². The van der Waals surface area contributed by atoms with E-state index < -0.39 is 0 Å². The summed E-state index contributed by atoms with van der Waals surface area (Å²) >= 11 is 14.4. The first-order chi connectivity index (χ1) is 11.4. The van der Waals surface area contributed by atoms with Crippen molar-refractivity contribution in [3.8, 4) is 0 Å². The standard InChI is InChI=1S/C15H11Cl2N3O2S2/c1-7-2-11-13(22)19-15(20-14(11)24-7)23-6-12(21)18-10-4-8(16)3-9(17)5-10/h2-5H,6H2,1H3,(H,18,21)(H,19,20,22). The lowest BCUT2D eigenvalue weighted by molar-refractivity contribution is -0.113. The molecule has 5 nitrogen and oxygen atoms in total. The largest absolute Gasteiger partial charge is 0.325 e. The molecule has 3 aromatic rings. The van der Waals surface area contributed by atoms with E-state index in [4.69, 9.17) is 23.2 Å². The Hall–Kier alpha value is -1.54. The van der Waals surface area contributed by atoms with Gasteiger partial charge in [0.1, 0.15) is 4.83 Å². The second-order valence-electron chi connectivity index (χ2n) is 4.94. The van der Waals surface area contributed by atoms with Gasteiger partial charge in [-0.05, 0) is 31.2 Å². The molecule has 0 aliphatic carbocycles. The minimum Gasteiger partial charge on any atom is -0.325 e. The number of carbonyl (C=O) groups is 1. The highest BCUT2D eigenvalue weighted by Gasteiger charge is 2.10. The van der Waals surface area contributed by atoms with Crippen LogP contribution in [0.15, 0.2) is 34.2 Å². The molecule has 0 atom stereocenters. The van der Waals surface area contributed by atoms with E-state index in [1.165, 1.54) is 11.3 Å². The first kappa shape index (κ1) is 17.3.